The largest absolute Gasteiger partial charge is 0.345 e. The van der Waals surface area contributed by atoms with Crippen molar-refractivity contribution in [3.8, 4) is 0 Å². The molecule has 0 bridgehead atoms. The zero-order valence-electron chi connectivity index (χ0n) is 13.1. The third kappa shape index (κ3) is 3.22. The van der Waals surface area contributed by atoms with Gasteiger partial charge in [0.1, 0.15) is 5.69 Å². The minimum Gasteiger partial charge on any atom is -0.345 e. The van der Waals surface area contributed by atoms with E-state index in [0.29, 0.717) is 18.4 Å². The number of carbonyl (C=O) groups is 1. The number of aryl methyl sites for hydroxylation is 1. The smallest absolute Gasteiger partial charge is 0.186 e. The Morgan fingerprint density at radius 2 is 1.95 bits per heavy atom. The molecule has 0 aliphatic heterocycles. The van der Waals surface area contributed by atoms with Crippen LogP contribution >= 0.6 is 11.3 Å². The molecule has 0 aromatic carbocycles. The molecular formula is C16H26N2OS. The highest BCUT2D eigenvalue weighted by molar-refractivity contribution is 7.16. The molecule has 0 atom stereocenters. The Labute approximate surface area is 126 Å². The average Bonchev–Trinajstić information content (AvgIpc) is 2.84. The number of nitrogens with zero attached hydrogens (tertiary/aromatic N) is 2. The van der Waals surface area contributed by atoms with E-state index in [1.54, 1.807) is 11.3 Å². The quantitative estimate of drug-likeness (QED) is 0.783. The van der Waals surface area contributed by atoms with E-state index in [1.165, 1.54) is 4.88 Å². The first-order valence-electron chi connectivity index (χ1n) is 7.86. The number of hydrogen-bond acceptors (Lipinski definition) is 4. The molecule has 1 aromatic rings. The van der Waals surface area contributed by atoms with Gasteiger partial charge in [-0.05, 0) is 31.6 Å². The Morgan fingerprint density at radius 1 is 1.25 bits per heavy atom. The second kappa shape index (κ2) is 6.70. The first kappa shape index (κ1) is 15.5. The molecule has 0 unspecified atom stereocenters. The van der Waals surface area contributed by atoms with Gasteiger partial charge in [0.05, 0.1) is 0 Å². The molecule has 112 valence electrons. The molecule has 4 heteroatoms. The second-order valence-electron chi connectivity index (χ2n) is 6.06. The van der Waals surface area contributed by atoms with Crippen LogP contribution in [0.1, 0.15) is 68.7 Å². The predicted molar refractivity (Wildman–Crippen MR) is 85.9 cm³/mol. The molecule has 20 heavy (non-hydrogen) atoms. The summed E-state index contributed by atoms with van der Waals surface area (Å²) in [6, 6.07) is 0.528. The van der Waals surface area contributed by atoms with Gasteiger partial charge in [0, 0.05) is 23.9 Å². The summed E-state index contributed by atoms with van der Waals surface area (Å²) < 4.78 is 0. The normalized spacial score (nSPS) is 15.0. The number of fused-ring (bicyclic) bond motifs is 1. The molecule has 0 saturated carbocycles. The van der Waals surface area contributed by atoms with Crippen molar-refractivity contribution in [1.82, 2.24) is 4.98 Å². The van der Waals surface area contributed by atoms with Gasteiger partial charge in [0.25, 0.3) is 0 Å². The van der Waals surface area contributed by atoms with Gasteiger partial charge in [-0.3, -0.25) is 4.79 Å². The fourth-order valence-corrected chi connectivity index (χ4v) is 4.08. The number of thiazole rings is 1. The van der Waals surface area contributed by atoms with Crippen LogP contribution in [0.5, 0.6) is 0 Å². The van der Waals surface area contributed by atoms with Crippen molar-refractivity contribution in [3.63, 3.8) is 0 Å². The lowest BCUT2D eigenvalue weighted by atomic mass is 10.0. The third-order valence-electron chi connectivity index (χ3n) is 3.95. The van der Waals surface area contributed by atoms with Crippen LogP contribution in [0.2, 0.25) is 0 Å². The van der Waals surface area contributed by atoms with Gasteiger partial charge in [-0.1, -0.05) is 27.7 Å². The summed E-state index contributed by atoms with van der Waals surface area (Å²) in [4.78, 5) is 20.3. The molecular weight excluding hydrogens is 268 g/mol. The number of ketones is 1. The van der Waals surface area contributed by atoms with Gasteiger partial charge in [0.2, 0.25) is 0 Å². The van der Waals surface area contributed by atoms with E-state index in [9.17, 15) is 4.79 Å². The summed E-state index contributed by atoms with van der Waals surface area (Å²) in [5.74, 6) is 0.843. The minimum atomic E-state index is 0.239. The molecule has 1 aromatic heterocycles. The van der Waals surface area contributed by atoms with E-state index in [2.05, 4.69) is 32.6 Å². The Balaban J connectivity index is 2.31. The number of anilines is 1. The number of Topliss-reactive ketones (excluding diaryl/α,β-unsaturated/α-hetero) is 1. The Bertz CT molecular complexity index is 463. The maximum absolute atomic E-state index is 12.0. The van der Waals surface area contributed by atoms with Gasteiger partial charge in [-0.2, -0.15) is 0 Å². The molecule has 0 radical (unpaired) electrons. The van der Waals surface area contributed by atoms with Crippen LogP contribution in [0, 0.1) is 5.92 Å². The molecule has 3 nitrogen and oxygen atoms in total. The molecule has 0 amide bonds. The monoisotopic (exact) mass is 294 g/mol. The van der Waals surface area contributed by atoms with Crippen LogP contribution in [-0.2, 0) is 6.42 Å². The van der Waals surface area contributed by atoms with Crippen LogP contribution < -0.4 is 4.90 Å². The van der Waals surface area contributed by atoms with Gasteiger partial charge in [-0.15, -0.1) is 11.3 Å². The van der Waals surface area contributed by atoms with E-state index in [-0.39, 0.29) is 5.78 Å². The van der Waals surface area contributed by atoms with Crippen LogP contribution in [0.3, 0.4) is 0 Å². The van der Waals surface area contributed by atoms with Crippen molar-refractivity contribution in [1.29, 1.82) is 0 Å². The van der Waals surface area contributed by atoms with Crippen molar-refractivity contribution in [2.24, 2.45) is 5.92 Å². The summed E-state index contributed by atoms with van der Waals surface area (Å²) in [6.07, 6.45) is 4.94. The van der Waals surface area contributed by atoms with Crippen molar-refractivity contribution >= 4 is 22.3 Å². The van der Waals surface area contributed by atoms with Crippen molar-refractivity contribution in [3.05, 3.63) is 10.6 Å². The lowest BCUT2D eigenvalue weighted by Gasteiger charge is -2.31. The van der Waals surface area contributed by atoms with Gasteiger partial charge in [0.15, 0.2) is 10.9 Å². The van der Waals surface area contributed by atoms with E-state index in [1.807, 2.05) is 0 Å². The molecule has 1 aliphatic rings. The van der Waals surface area contributed by atoms with E-state index >= 15 is 0 Å². The van der Waals surface area contributed by atoms with Crippen molar-refractivity contribution < 1.29 is 4.79 Å². The Morgan fingerprint density at radius 3 is 2.50 bits per heavy atom. The van der Waals surface area contributed by atoms with E-state index in [4.69, 9.17) is 4.98 Å². The summed E-state index contributed by atoms with van der Waals surface area (Å²) in [6.45, 7) is 9.98. The Hall–Kier alpha value is -0.900. The number of hydrogen-bond donors (Lipinski definition) is 0. The first-order valence-corrected chi connectivity index (χ1v) is 8.67. The highest BCUT2D eigenvalue weighted by atomic mass is 32.1. The topological polar surface area (TPSA) is 33.2 Å². The molecule has 2 rings (SSSR count). The zero-order valence-corrected chi connectivity index (χ0v) is 13.9. The standard InChI is InChI=1S/C16H26N2OS/c1-5-12(6-2)18(10-11(3)4)16-17-15-13(19)8-7-9-14(15)20-16/h11-12H,5-10H2,1-4H3. The summed E-state index contributed by atoms with van der Waals surface area (Å²) in [5.41, 5.74) is 0.760. The number of aromatic nitrogens is 1. The number of carbonyl (C=O) groups excluding carboxylic acids is 1. The van der Waals surface area contributed by atoms with Crippen molar-refractivity contribution in [2.45, 2.75) is 65.8 Å². The van der Waals surface area contributed by atoms with E-state index in [0.717, 1.165) is 43.1 Å². The molecule has 0 N–H and O–H groups in total. The van der Waals surface area contributed by atoms with Gasteiger partial charge in [-0.25, -0.2) is 4.98 Å². The van der Waals surface area contributed by atoms with E-state index < -0.39 is 0 Å². The van der Waals surface area contributed by atoms with Crippen LogP contribution in [-0.4, -0.2) is 23.4 Å². The molecule has 0 saturated heterocycles. The Kier molecular flexibility index (Phi) is 5.19. The first-order chi connectivity index (χ1) is 9.56. The maximum Gasteiger partial charge on any atom is 0.186 e. The zero-order chi connectivity index (χ0) is 14.7. The third-order valence-corrected chi connectivity index (χ3v) is 5.10. The molecule has 1 heterocycles. The SMILES string of the molecule is CCC(CC)N(CC(C)C)c1nc2c(s1)CCCC2=O. The second-order valence-corrected chi connectivity index (χ2v) is 7.12. The maximum atomic E-state index is 12.0. The highest BCUT2D eigenvalue weighted by Gasteiger charge is 2.26. The lowest BCUT2D eigenvalue weighted by molar-refractivity contribution is 0.0968. The lowest BCUT2D eigenvalue weighted by Crippen LogP contribution is -2.37. The molecule has 0 spiro atoms. The summed E-state index contributed by atoms with van der Waals surface area (Å²) >= 11 is 1.74. The van der Waals surface area contributed by atoms with Crippen LogP contribution in [0.25, 0.3) is 0 Å². The molecule has 0 fully saturated rings. The summed E-state index contributed by atoms with van der Waals surface area (Å²) in [7, 11) is 0. The van der Waals surface area contributed by atoms with Crippen molar-refractivity contribution in [2.75, 3.05) is 11.4 Å². The highest BCUT2D eigenvalue weighted by Crippen LogP contribution is 2.33. The van der Waals surface area contributed by atoms with Gasteiger partial charge < -0.3 is 4.90 Å². The van der Waals surface area contributed by atoms with Crippen LogP contribution in [0.15, 0.2) is 0 Å². The summed E-state index contributed by atoms with van der Waals surface area (Å²) in [5, 5.41) is 1.06. The number of rotatable bonds is 6. The fourth-order valence-electron chi connectivity index (χ4n) is 2.88. The van der Waals surface area contributed by atoms with Crippen LogP contribution in [0.4, 0.5) is 5.13 Å². The fraction of sp³-hybridized carbons (Fsp3) is 0.750. The molecule has 1 aliphatic carbocycles. The average molecular weight is 294 g/mol. The minimum absolute atomic E-state index is 0.239. The van der Waals surface area contributed by atoms with Gasteiger partial charge >= 0.3 is 0 Å². The predicted octanol–water partition coefficient (Wildman–Crippen LogP) is 4.31.